The molecule has 8 heteroatoms. The standard InChI is InChI=1S/C19H14ClNO5S/c20-14-6-3-4-12(8-14)10-21-18(24)16(27-19(21)25)9-13-5-1-2-7-15(13)26-11-17(22)23/h1-9H,10-11H2,(H,22,23)/b16-9-. The SMILES string of the molecule is O=C(O)COc1ccccc1/C=C1\SC(=O)N(Cc2cccc(Cl)c2)C1=O. The zero-order chi connectivity index (χ0) is 19.4. The number of carbonyl (C=O) groups is 3. The van der Waals surface area contributed by atoms with E-state index in [4.69, 9.17) is 21.4 Å². The summed E-state index contributed by atoms with van der Waals surface area (Å²) in [5.41, 5.74) is 1.27. The number of hydrogen-bond acceptors (Lipinski definition) is 5. The van der Waals surface area contributed by atoms with E-state index in [1.165, 1.54) is 6.08 Å². The molecule has 0 spiro atoms. The number of carboxylic acids is 1. The minimum absolute atomic E-state index is 0.125. The van der Waals surface area contributed by atoms with Crippen molar-refractivity contribution in [1.29, 1.82) is 0 Å². The van der Waals surface area contributed by atoms with Crippen LogP contribution in [0.25, 0.3) is 6.08 Å². The zero-order valence-electron chi connectivity index (χ0n) is 13.9. The lowest BCUT2D eigenvalue weighted by atomic mass is 10.1. The fourth-order valence-corrected chi connectivity index (χ4v) is 3.51. The number of para-hydroxylation sites is 1. The molecule has 0 aliphatic carbocycles. The number of carboxylic acid groups (broad SMARTS) is 1. The van der Waals surface area contributed by atoms with Crippen LogP contribution in [0.2, 0.25) is 5.02 Å². The lowest BCUT2D eigenvalue weighted by molar-refractivity contribution is -0.139. The Bertz CT molecular complexity index is 943. The first-order chi connectivity index (χ1) is 12.9. The molecule has 6 nitrogen and oxygen atoms in total. The zero-order valence-corrected chi connectivity index (χ0v) is 15.5. The van der Waals surface area contributed by atoms with Crippen LogP contribution in [0.1, 0.15) is 11.1 Å². The number of ether oxygens (including phenoxy) is 1. The summed E-state index contributed by atoms with van der Waals surface area (Å²) in [5.74, 6) is -1.20. The van der Waals surface area contributed by atoms with Gasteiger partial charge >= 0.3 is 5.97 Å². The molecule has 0 bridgehead atoms. The average molecular weight is 404 g/mol. The highest BCUT2D eigenvalue weighted by atomic mass is 35.5. The van der Waals surface area contributed by atoms with Gasteiger partial charge in [-0.05, 0) is 41.6 Å². The van der Waals surface area contributed by atoms with Gasteiger partial charge in [0.1, 0.15) is 5.75 Å². The first kappa shape index (κ1) is 19.0. The van der Waals surface area contributed by atoms with E-state index in [1.54, 1.807) is 48.5 Å². The molecule has 1 saturated heterocycles. The number of benzene rings is 2. The number of halogens is 1. The van der Waals surface area contributed by atoms with Crippen LogP contribution in [0.4, 0.5) is 4.79 Å². The van der Waals surface area contributed by atoms with Gasteiger partial charge in [-0.1, -0.05) is 41.9 Å². The van der Waals surface area contributed by atoms with Gasteiger partial charge in [0.25, 0.3) is 11.1 Å². The topological polar surface area (TPSA) is 83.9 Å². The molecule has 2 amide bonds. The monoisotopic (exact) mass is 403 g/mol. The van der Waals surface area contributed by atoms with Gasteiger partial charge in [0, 0.05) is 10.6 Å². The van der Waals surface area contributed by atoms with E-state index in [2.05, 4.69) is 0 Å². The molecule has 3 rings (SSSR count). The van der Waals surface area contributed by atoms with E-state index in [0.29, 0.717) is 16.3 Å². The second-order valence-corrected chi connectivity index (χ2v) is 7.05. The average Bonchev–Trinajstić information content (AvgIpc) is 2.88. The molecular weight excluding hydrogens is 390 g/mol. The highest BCUT2D eigenvalue weighted by Crippen LogP contribution is 2.35. The van der Waals surface area contributed by atoms with E-state index in [9.17, 15) is 14.4 Å². The fourth-order valence-electron chi connectivity index (χ4n) is 2.47. The van der Waals surface area contributed by atoms with Crippen molar-refractivity contribution in [3.8, 4) is 5.75 Å². The molecule has 27 heavy (non-hydrogen) atoms. The van der Waals surface area contributed by atoms with Crippen molar-refractivity contribution >= 4 is 46.6 Å². The maximum atomic E-state index is 12.6. The predicted molar refractivity (Wildman–Crippen MR) is 103 cm³/mol. The molecule has 1 aliphatic heterocycles. The predicted octanol–water partition coefficient (Wildman–Crippen LogP) is 4.04. The Hall–Kier alpha value is -2.77. The van der Waals surface area contributed by atoms with Crippen LogP contribution in [-0.4, -0.2) is 33.7 Å². The Labute approximate surface area is 164 Å². The highest BCUT2D eigenvalue weighted by molar-refractivity contribution is 8.18. The molecule has 0 atom stereocenters. The number of imide groups is 1. The summed E-state index contributed by atoms with van der Waals surface area (Å²) in [6.07, 6.45) is 1.53. The third-order valence-corrected chi connectivity index (χ3v) is 4.80. The van der Waals surface area contributed by atoms with Crippen molar-refractivity contribution in [1.82, 2.24) is 4.90 Å². The maximum absolute atomic E-state index is 12.6. The number of aliphatic carboxylic acids is 1. The first-order valence-electron chi connectivity index (χ1n) is 7.87. The Morgan fingerprint density at radius 1 is 1.19 bits per heavy atom. The maximum Gasteiger partial charge on any atom is 0.341 e. The molecule has 1 heterocycles. The smallest absolute Gasteiger partial charge is 0.341 e. The van der Waals surface area contributed by atoms with Crippen LogP contribution >= 0.6 is 23.4 Å². The van der Waals surface area contributed by atoms with Gasteiger partial charge in [-0.3, -0.25) is 14.5 Å². The van der Waals surface area contributed by atoms with Crippen LogP contribution in [0, 0.1) is 0 Å². The van der Waals surface area contributed by atoms with Crippen molar-refractivity contribution in [2.24, 2.45) is 0 Å². The summed E-state index contributed by atoms with van der Waals surface area (Å²) in [6, 6.07) is 13.7. The minimum Gasteiger partial charge on any atom is -0.481 e. The second kappa shape index (κ2) is 8.28. The normalized spacial score (nSPS) is 15.4. The molecule has 2 aromatic carbocycles. The van der Waals surface area contributed by atoms with E-state index >= 15 is 0 Å². The van der Waals surface area contributed by atoms with Crippen molar-refractivity contribution < 1.29 is 24.2 Å². The Morgan fingerprint density at radius 3 is 2.70 bits per heavy atom. The summed E-state index contributed by atoms with van der Waals surface area (Å²) in [4.78, 5) is 37.0. The molecule has 1 fully saturated rings. The summed E-state index contributed by atoms with van der Waals surface area (Å²) < 4.78 is 5.23. The van der Waals surface area contributed by atoms with Crippen molar-refractivity contribution in [3.63, 3.8) is 0 Å². The molecule has 1 N–H and O–H groups in total. The number of rotatable bonds is 6. The second-order valence-electron chi connectivity index (χ2n) is 5.62. The third kappa shape index (κ3) is 4.69. The lowest BCUT2D eigenvalue weighted by Gasteiger charge is -2.12. The number of nitrogens with zero attached hydrogens (tertiary/aromatic N) is 1. The van der Waals surface area contributed by atoms with Crippen LogP contribution in [0.5, 0.6) is 5.75 Å². The van der Waals surface area contributed by atoms with Crippen molar-refractivity contribution in [2.45, 2.75) is 6.54 Å². The molecule has 138 valence electrons. The molecule has 0 saturated carbocycles. The van der Waals surface area contributed by atoms with Gasteiger partial charge in [-0.2, -0.15) is 0 Å². The number of hydrogen-bond donors (Lipinski definition) is 1. The van der Waals surface area contributed by atoms with E-state index in [0.717, 1.165) is 22.2 Å². The van der Waals surface area contributed by atoms with E-state index < -0.39 is 18.5 Å². The molecule has 2 aromatic rings. The molecule has 1 aliphatic rings. The van der Waals surface area contributed by atoms with Gasteiger partial charge < -0.3 is 9.84 Å². The molecule has 0 unspecified atom stereocenters. The van der Waals surface area contributed by atoms with Crippen molar-refractivity contribution in [2.75, 3.05) is 6.61 Å². The summed E-state index contributed by atoms with van der Waals surface area (Å²) in [6.45, 7) is -0.374. The van der Waals surface area contributed by atoms with Crippen LogP contribution in [0.3, 0.4) is 0 Å². The Balaban J connectivity index is 1.81. The Kier molecular flexibility index (Phi) is 5.83. The summed E-state index contributed by atoms with van der Waals surface area (Å²) in [5, 5.41) is 8.91. The van der Waals surface area contributed by atoms with Gasteiger partial charge in [0.2, 0.25) is 0 Å². The third-order valence-electron chi connectivity index (χ3n) is 3.66. The quantitative estimate of drug-likeness (QED) is 0.733. The number of amides is 2. The fraction of sp³-hybridized carbons (Fsp3) is 0.105. The van der Waals surface area contributed by atoms with Gasteiger partial charge in [-0.25, -0.2) is 4.79 Å². The van der Waals surface area contributed by atoms with Gasteiger partial charge in [0.05, 0.1) is 11.4 Å². The van der Waals surface area contributed by atoms with Crippen LogP contribution < -0.4 is 4.74 Å². The summed E-state index contributed by atoms with van der Waals surface area (Å²) in [7, 11) is 0. The van der Waals surface area contributed by atoms with E-state index in [-0.39, 0.29) is 16.7 Å². The van der Waals surface area contributed by atoms with Crippen LogP contribution in [0.15, 0.2) is 53.4 Å². The molecule has 0 radical (unpaired) electrons. The minimum atomic E-state index is -1.10. The highest BCUT2D eigenvalue weighted by Gasteiger charge is 2.35. The number of thioether (sulfide) groups is 1. The molecular formula is C19H14ClNO5S. The largest absolute Gasteiger partial charge is 0.481 e. The molecule has 0 aromatic heterocycles. The van der Waals surface area contributed by atoms with Crippen molar-refractivity contribution in [3.05, 3.63) is 69.6 Å². The van der Waals surface area contributed by atoms with Crippen LogP contribution in [-0.2, 0) is 16.1 Å². The lowest BCUT2D eigenvalue weighted by Crippen LogP contribution is -2.27. The Morgan fingerprint density at radius 2 is 1.96 bits per heavy atom. The van der Waals surface area contributed by atoms with Gasteiger partial charge in [0.15, 0.2) is 6.61 Å². The van der Waals surface area contributed by atoms with Gasteiger partial charge in [-0.15, -0.1) is 0 Å². The van der Waals surface area contributed by atoms with E-state index in [1.807, 2.05) is 0 Å². The first-order valence-corrected chi connectivity index (χ1v) is 9.07. The number of carbonyl (C=O) groups excluding carboxylic acids is 2. The summed E-state index contributed by atoms with van der Waals surface area (Å²) >= 11 is 6.77.